The zero-order chi connectivity index (χ0) is 10.4. The zero-order valence-corrected chi connectivity index (χ0v) is 7.83. The molecule has 0 amide bonds. The van der Waals surface area contributed by atoms with Crippen molar-refractivity contribution in [1.29, 1.82) is 0 Å². The molecule has 7 nitrogen and oxygen atoms in total. The fourth-order valence-corrected chi connectivity index (χ4v) is 0.942. The van der Waals surface area contributed by atoms with E-state index in [2.05, 4.69) is 20.3 Å². The van der Waals surface area contributed by atoms with Crippen molar-refractivity contribution in [3.63, 3.8) is 0 Å². The lowest BCUT2D eigenvalue weighted by Crippen LogP contribution is -2.17. The van der Waals surface area contributed by atoms with Gasteiger partial charge in [-0.3, -0.25) is 4.79 Å². The second kappa shape index (κ2) is 5.28. The van der Waals surface area contributed by atoms with Gasteiger partial charge < -0.3 is 9.84 Å². The highest BCUT2D eigenvalue weighted by Gasteiger charge is 2.10. The number of aliphatic hydroxyl groups excluding tert-OH is 1. The number of carbonyl (C=O) groups is 1. The van der Waals surface area contributed by atoms with Gasteiger partial charge in [0.2, 0.25) is 0 Å². The van der Waals surface area contributed by atoms with Crippen LogP contribution in [0.4, 0.5) is 0 Å². The van der Waals surface area contributed by atoms with E-state index in [9.17, 15) is 9.90 Å². The molecule has 1 aromatic rings. The number of aliphatic hydroxyl groups is 1. The lowest BCUT2D eigenvalue weighted by atomic mass is 10.2. The van der Waals surface area contributed by atoms with Gasteiger partial charge in [0, 0.05) is 6.54 Å². The van der Waals surface area contributed by atoms with Crippen LogP contribution in [0.1, 0.15) is 12.8 Å². The molecule has 0 unspecified atom stereocenters. The summed E-state index contributed by atoms with van der Waals surface area (Å²) in [6, 6.07) is 0. The van der Waals surface area contributed by atoms with Crippen molar-refractivity contribution in [1.82, 2.24) is 20.2 Å². The molecule has 0 bridgehead atoms. The molecule has 0 aliphatic heterocycles. The van der Waals surface area contributed by atoms with Gasteiger partial charge in [-0.05, 0) is 16.8 Å². The maximum Gasteiger partial charge on any atom is 0.308 e. The van der Waals surface area contributed by atoms with E-state index >= 15 is 0 Å². The van der Waals surface area contributed by atoms with Crippen LogP contribution in [0.15, 0.2) is 6.33 Å². The Hall–Kier alpha value is -1.50. The third kappa shape index (κ3) is 3.48. The Balaban J connectivity index is 2.21. The standard InChI is InChI=1S/C7H12N4O3/c1-14-7(13)4-6(12)2-3-11-5-8-9-10-11/h5-6,12H,2-4H2,1H3/t6-/m1/s1. The summed E-state index contributed by atoms with van der Waals surface area (Å²) in [5.74, 6) is -0.422. The average Bonchev–Trinajstić information content (AvgIpc) is 2.67. The van der Waals surface area contributed by atoms with Crippen LogP contribution in [0.25, 0.3) is 0 Å². The number of ether oxygens (including phenoxy) is 1. The average molecular weight is 200 g/mol. The van der Waals surface area contributed by atoms with Gasteiger partial charge in [-0.2, -0.15) is 0 Å². The topological polar surface area (TPSA) is 90.1 Å². The van der Waals surface area contributed by atoms with Crippen LogP contribution < -0.4 is 0 Å². The van der Waals surface area contributed by atoms with Gasteiger partial charge in [-0.25, -0.2) is 4.68 Å². The first-order valence-electron chi connectivity index (χ1n) is 4.18. The van der Waals surface area contributed by atoms with Gasteiger partial charge in [0.15, 0.2) is 0 Å². The Kier molecular flexibility index (Phi) is 3.99. The third-order valence-corrected chi connectivity index (χ3v) is 1.71. The molecule has 0 saturated heterocycles. The minimum atomic E-state index is -0.716. The van der Waals surface area contributed by atoms with E-state index in [0.717, 1.165) is 0 Å². The zero-order valence-electron chi connectivity index (χ0n) is 7.83. The molecular weight excluding hydrogens is 188 g/mol. The third-order valence-electron chi connectivity index (χ3n) is 1.71. The lowest BCUT2D eigenvalue weighted by Gasteiger charge is -2.07. The highest BCUT2D eigenvalue weighted by atomic mass is 16.5. The maximum absolute atomic E-state index is 10.8. The minimum absolute atomic E-state index is 0.00136. The molecule has 1 N–H and O–H groups in total. The normalized spacial score (nSPS) is 12.4. The van der Waals surface area contributed by atoms with Crippen LogP contribution in [0.5, 0.6) is 0 Å². The summed E-state index contributed by atoms with van der Waals surface area (Å²) < 4.78 is 5.90. The molecule has 0 aliphatic rings. The molecule has 7 heteroatoms. The summed E-state index contributed by atoms with van der Waals surface area (Å²) in [6.07, 6.45) is 1.15. The highest BCUT2D eigenvalue weighted by molar-refractivity contribution is 5.69. The summed E-state index contributed by atoms with van der Waals surface area (Å²) in [5, 5.41) is 19.9. The molecule has 0 radical (unpaired) electrons. The van der Waals surface area contributed by atoms with Crippen LogP contribution in [0.3, 0.4) is 0 Å². The number of rotatable bonds is 5. The van der Waals surface area contributed by atoms with Crippen molar-refractivity contribution >= 4 is 5.97 Å². The van der Waals surface area contributed by atoms with Crippen molar-refractivity contribution < 1.29 is 14.6 Å². The van der Waals surface area contributed by atoms with Crippen molar-refractivity contribution in [3.8, 4) is 0 Å². The fraction of sp³-hybridized carbons (Fsp3) is 0.714. The molecule has 1 atom stereocenters. The molecule has 14 heavy (non-hydrogen) atoms. The van der Waals surface area contributed by atoms with Crippen LogP contribution in [-0.2, 0) is 16.1 Å². The molecule has 1 aromatic heterocycles. The van der Waals surface area contributed by atoms with E-state index in [1.807, 2.05) is 0 Å². The quantitative estimate of drug-likeness (QED) is 0.612. The summed E-state index contributed by atoms with van der Waals surface area (Å²) in [4.78, 5) is 10.8. The number of tetrazole rings is 1. The Labute approximate surface area is 80.7 Å². The monoisotopic (exact) mass is 200 g/mol. The van der Waals surface area contributed by atoms with Crippen molar-refractivity contribution in [2.24, 2.45) is 0 Å². The second-order valence-corrected chi connectivity index (χ2v) is 2.80. The fourth-order valence-electron chi connectivity index (χ4n) is 0.942. The summed E-state index contributed by atoms with van der Waals surface area (Å²) >= 11 is 0. The first-order chi connectivity index (χ1) is 6.72. The number of carbonyl (C=O) groups excluding carboxylic acids is 1. The molecule has 0 aliphatic carbocycles. The first kappa shape index (κ1) is 10.6. The van der Waals surface area contributed by atoms with Gasteiger partial charge in [-0.1, -0.05) is 0 Å². The molecule has 78 valence electrons. The van der Waals surface area contributed by atoms with Crippen LogP contribution in [0.2, 0.25) is 0 Å². The van der Waals surface area contributed by atoms with E-state index in [1.165, 1.54) is 18.1 Å². The maximum atomic E-state index is 10.8. The summed E-state index contributed by atoms with van der Waals surface area (Å²) in [7, 11) is 1.29. The van der Waals surface area contributed by atoms with E-state index in [-0.39, 0.29) is 6.42 Å². The number of aromatic nitrogens is 4. The number of hydrogen-bond acceptors (Lipinski definition) is 6. The van der Waals surface area contributed by atoms with E-state index < -0.39 is 12.1 Å². The largest absolute Gasteiger partial charge is 0.469 e. The number of aryl methyl sites for hydroxylation is 1. The smallest absolute Gasteiger partial charge is 0.308 e. The SMILES string of the molecule is COC(=O)C[C@H](O)CCn1cnnn1. The predicted octanol–water partition coefficient (Wildman–Crippen LogP) is -1.01. The van der Waals surface area contributed by atoms with E-state index in [4.69, 9.17) is 0 Å². The molecule has 0 spiro atoms. The van der Waals surface area contributed by atoms with Gasteiger partial charge in [-0.15, -0.1) is 5.10 Å². The number of hydrogen-bond donors (Lipinski definition) is 1. The van der Waals surface area contributed by atoms with Gasteiger partial charge in [0.1, 0.15) is 6.33 Å². The molecule has 0 fully saturated rings. The molecule has 1 rings (SSSR count). The number of methoxy groups -OCH3 is 1. The molecule has 0 saturated carbocycles. The van der Waals surface area contributed by atoms with Crippen molar-refractivity contribution in [2.45, 2.75) is 25.5 Å². The van der Waals surface area contributed by atoms with Crippen molar-refractivity contribution in [3.05, 3.63) is 6.33 Å². The Morgan fingerprint density at radius 3 is 3.07 bits per heavy atom. The first-order valence-corrected chi connectivity index (χ1v) is 4.18. The van der Waals surface area contributed by atoms with E-state index in [0.29, 0.717) is 13.0 Å². The number of nitrogens with zero attached hydrogens (tertiary/aromatic N) is 4. The minimum Gasteiger partial charge on any atom is -0.469 e. The van der Waals surface area contributed by atoms with Crippen LogP contribution in [-0.4, -0.2) is 44.5 Å². The van der Waals surface area contributed by atoms with Crippen LogP contribution in [0, 0.1) is 0 Å². The Morgan fingerprint density at radius 2 is 2.50 bits per heavy atom. The lowest BCUT2D eigenvalue weighted by molar-refractivity contribution is -0.142. The Morgan fingerprint density at radius 1 is 1.71 bits per heavy atom. The molecule has 0 aromatic carbocycles. The number of esters is 1. The predicted molar refractivity (Wildman–Crippen MR) is 45.1 cm³/mol. The van der Waals surface area contributed by atoms with E-state index in [1.54, 1.807) is 0 Å². The Bertz CT molecular complexity index is 274. The highest BCUT2D eigenvalue weighted by Crippen LogP contribution is 2.00. The van der Waals surface area contributed by atoms with Gasteiger partial charge in [0.05, 0.1) is 19.6 Å². The van der Waals surface area contributed by atoms with Crippen molar-refractivity contribution in [2.75, 3.05) is 7.11 Å². The summed E-state index contributed by atoms with van der Waals surface area (Å²) in [5.41, 5.74) is 0. The molecular formula is C7H12N4O3. The summed E-state index contributed by atoms with van der Waals surface area (Å²) in [6.45, 7) is 0.477. The second-order valence-electron chi connectivity index (χ2n) is 2.80. The van der Waals surface area contributed by atoms with Gasteiger partial charge in [0.25, 0.3) is 0 Å². The van der Waals surface area contributed by atoms with Crippen LogP contribution >= 0.6 is 0 Å². The van der Waals surface area contributed by atoms with Gasteiger partial charge >= 0.3 is 5.97 Å². The molecule has 1 heterocycles.